The molecule has 0 saturated heterocycles. The van der Waals surface area contributed by atoms with E-state index in [1.54, 1.807) is 12.5 Å². The maximum absolute atomic E-state index is 5.11. The maximum atomic E-state index is 5.11. The third-order valence-electron chi connectivity index (χ3n) is 2.96. The van der Waals surface area contributed by atoms with Gasteiger partial charge in [0.15, 0.2) is 0 Å². The van der Waals surface area contributed by atoms with Crippen LogP contribution in [0.5, 0.6) is 0 Å². The standard InChI is InChI=1S/C13H19N3O/c1-4-16-13(7-10(2)15-16)12(14-3)8-11-5-6-17-9-11/h5-7,9,12,14H,4,8H2,1-3H3. The van der Waals surface area contributed by atoms with Crippen LogP contribution in [-0.2, 0) is 13.0 Å². The van der Waals surface area contributed by atoms with E-state index in [4.69, 9.17) is 4.42 Å². The molecule has 4 heteroatoms. The average molecular weight is 233 g/mol. The molecule has 1 atom stereocenters. The molecule has 0 saturated carbocycles. The van der Waals surface area contributed by atoms with Gasteiger partial charge in [-0.3, -0.25) is 4.68 Å². The number of aryl methyl sites for hydroxylation is 2. The Morgan fingerprint density at radius 2 is 2.35 bits per heavy atom. The first-order valence-electron chi connectivity index (χ1n) is 5.97. The molecule has 1 unspecified atom stereocenters. The third kappa shape index (κ3) is 2.58. The van der Waals surface area contributed by atoms with Crippen LogP contribution in [0.4, 0.5) is 0 Å². The molecule has 0 bridgehead atoms. The fourth-order valence-corrected chi connectivity index (χ4v) is 2.10. The fraction of sp³-hybridized carbons (Fsp3) is 0.462. The molecule has 92 valence electrons. The van der Waals surface area contributed by atoms with Gasteiger partial charge in [0.2, 0.25) is 0 Å². The molecule has 1 N–H and O–H groups in total. The highest BCUT2D eigenvalue weighted by atomic mass is 16.3. The van der Waals surface area contributed by atoms with Crippen molar-refractivity contribution in [2.45, 2.75) is 32.9 Å². The van der Waals surface area contributed by atoms with Gasteiger partial charge < -0.3 is 9.73 Å². The molecular weight excluding hydrogens is 214 g/mol. The smallest absolute Gasteiger partial charge is 0.0935 e. The number of hydrogen-bond acceptors (Lipinski definition) is 3. The summed E-state index contributed by atoms with van der Waals surface area (Å²) < 4.78 is 7.16. The summed E-state index contributed by atoms with van der Waals surface area (Å²) in [6.45, 7) is 5.04. The fourth-order valence-electron chi connectivity index (χ4n) is 2.10. The van der Waals surface area contributed by atoms with E-state index in [2.05, 4.69) is 28.1 Å². The highest BCUT2D eigenvalue weighted by molar-refractivity contribution is 5.17. The quantitative estimate of drug-likeness (QED) is 0.861. The van der Waals surface area contributed by atoms with E-state index in [9.17, 15) is 0 Å². The Morgan fingerprint density at radius 1 is 1.53 bits per heavy atom. The van der Waals surface area contributed by atoms with E-state index in [0.717, 1.165) is 18.7 Å². The summed E-state index contributed by atoms with van der Waals surface area (Å²) in [5.41, 5.74) is 3.49. The normalized spacial score (nSPS) is 12.9. The molecule has 0 aromatic carbocycles. The van der Waals surface area contributed by atoms with Gasteiger partial charge in [-0.15, -0.1) is 0 Å². The maximum Gasteiger partial charge on any atom is 0.0935 e. The highest BCUT2D eigenvalue weighted by Crippen LogP contribution is 2.19. The molecular formula is C13H19N3O. The number of nitrogens with zero attached hydrogens (tertiary/aromatic N) is 2. The van der Waals surface area contributed by atoms with Crippen molar-refractivity contribution in [3.63, 3.8) is 0 Å². The first-order chi connectivity index (χ1) is 8.24. The summed E-state index contributed by atoms with van der Waals surface area (Å²) in [6, 6.07) is 4.42. The van der Waals surface area contributed by atoms with E-state index >= 15 is 0 Å². The molecule has 0 spiro atoms. The minimum absolute atomic E-state index is 0.272. The molecule has 0 amide bonds. The van der Waals surface area contributed by atoms with Crippen molar-refractivity contribution < 1.29 is 4.42 Å². The van der Waals surface area contributed by atoms with Crippen LogP contribution in [0.25, 0.3) is 0 Å². The Morgan fingerprint density at radius 3 is 2.94 bits per heavy atom. The topological polar surface area (TPSA) is 43.0 Å². The second-order valence-electron chi connectivity index (χ2n) is 4.20. The van der Waals surface area contributed by atoms with Crippen LogP contribution < -0.4 is 5.32 Å². The van der Waals surface area contributed by atoms with Crippen LogP contribution in [0.1, 0.15) is 29.9 Å². The monoisotopic (exact) mass is 233 g/mol. The number of hydrogen-bond donors (Lipinski definition) is 1. The minimum Gasteiger partial charge on any atom is -0.472 e. The number of furan rings is 1. The lowest BCUT2D eigenvalue weighted by Gasteiger charge is -2.16. The molecule has 0 aliphatic carbocycles. The number of likely N-dealkylation sites (N-methyl/N-ethyl adjacent to an activating group) is 1. The zero-order chi connectivity index (χ0) is 12.3. The Kier molecular flexibility index (Phi) is 3.64. The summed E-state index contributed by atoms with van der Waals surface area (Å²) in [4.78, 5) is 0. The van der Waals surface area contributed by atoms with E-state index in [1.807, 2.05) is 20.0 Å². The molecule has 0 aliphatic rings. The zero-order valence-corrected chi connectivity index (χ0v) is 10.6. The van der Waals surface area contributed by atoms with Crippen LogP contribution in [0.2, 0.25) is 0 Å². The lowest BCUT2D eigenvalue weighted by Crippen LogP contribution is -2.22. The lowest BCUT2D eigenvalue weighted by atomic mass is 10.1. The number of nitrogens with one attached hydrogen (secondary N) is 1. The van der Waals surface area contributed by atoms with Gasteiger partial charge in [-0.05, 0) is 45.0 Å². The van der Waals surface area contributed by atoms with Crippen LogP contribution in [0.3, 0.4) is 0 Å². The van der Waals surface area contributed by atoms with Gasteiger partial charge >= 0.3 is 0 Å². The van der Waals surface area contributed by atoms with Gasteiger partial charge in [0.05, 0.1) is 30.0 Å². The Balaban J connectivity index is 2.22. The predicted octanol–water partition coefficient (Wildman–Crippen LogP) is 2.31. The molecule has 17 heavy (non-hydrogen) atoms. The zero-order valence-electron chi connectivity index (χ0n) is 10.6. The van der Waals surface area contributed by atoms with Crippen molar-refractivity contribution >= 4 is 0 Å². The van der Waals surface area contributed by atoms with Gasteiger partial charge in [0.25, 0.3) is 0 Å². The molecule has 0 radical (unpaired) electrons. The Bertz CT molecular complexity index is 459. The first-order valence-corrected chi connectivity index (χ1v) is 5.97. The van der Waals surface area contributed by atoms with E-state index in [-0.39, 0.29) is 6.04 Å². The summed E-state index contributed by atoms with van der Waals surface area (Å²) in [5.74, 6) is 0. The third-order valence-corrected chi connectivity index (χ3v) is 2.96. The molecule has 2 aromatic rings. The summed E-state index contributed by atoms with van der Waals surface area (Å²) in [5, 5.41) is 7.82. The van der Waals surface area contributed by atoms with E-state index in [1.165, 1.54) is 11.3 Å². The molecule has 4 nitrogen and oxygen atoms in total. The van der Waals surface area contributed by atoms with Crippen LogP contribution >= 0.6 is 0 Å². The van der Waals surface area contributed by atoms with E-state index in [0.29, 0.717) is 0 Å². The van der Waals surface area contributed by atoms with Gasteiger partial charge in [0.1, 0.15) is 0 Å². The predicted molar refractivity (Wildman–Crippen MR) is 66.9 cm³/mol. The van der Waals surface area contributed by atoms with Crippen molar-refractivity contribution in [3.05, 3.63) is 41.6 Å². The highest BCUT2D eigenvalue weighted by Gasteiger charge is 2.16. The van der Waals surface area contributed by atoms with Crippen molar-refractivity contribution in [2.75, 3.05) is 7.05 Å². The van der Waals surface area contributed by atoms with Gasteiger partial charge in [-0.1, -0.05) is 0 Å². The lowest BCUT2D eigenvalue weighted by molar-refractivity contribution is 0.507. The largest absolute Gasteiger partial charge is 0.472 e. The average Bonchev–Trinajstić information content (AvgIpc) is 2.94. The SMILES string of the molecule is CCn1nc(C)cc1C(Cc1ccoc1)NC. The molecule has 2 rings (SSSR count). The number of rotatable bonds is 5. The van der Waals surface area contributed by atoms with Gasteiger partial charge in [-0.2, -0.15) is 5.10 Å². The second-order valence-corrected chi connectivity index (χ2v) is 4.20. The first kappa shape index (κ1) is 11.9. The van der Waals surface area contributed by atoms with Gasteiger partial charge in [0, 0.05) is 6.54 Å². The van der Waals surface area contributed by atoms with Gasteiger partial charge in [-0.25, -0.2) is 0 Å². The Labute approximate surface area is 102 Å². The van der Waals surface area contributed by atoms with Crippen LogP contribution in [0, 0.1) is 6.92 Å². The van der Waals surface area contributed by atoms with Crippen LogP contribution in [0.15, 0.2) is 29.1 Å². The minimum atomic E-state index is 0.272. The molecule has 0 fully saturated rings. The summed E-state index contributed by atoms with van der Waals surface area (Å²) in [7, 11) is 1.98. The van der Waals surface area contributed by atoms with E-state index < -0.39 is 0 Å². The van der Waals surface area contributed by atoms with Crippen molar-refractivity contribution in [1.82, 2.24) is 15.1 Å². The molecule has 2 aromatic heterocycles. The summed E-state index contributed by atoms with van der Waals surface area (Å²) >= 11 is 0. The summed E-state index contributed by atoms with van der Waals surface area (Å²) in [6.07, 6.45) is 4.42. The number of aromatic nitrogens is 2. The van der Waals surface area contributed by atoms with Crippen molar-refractivity contribution in [3.8, 4) is 0 Å². The second kappa shape index (κ2) is 5.19. The van der Waals surface area contributed by atoms with Crippen molar-refractivity contribution in [2.24, 2.45) is 0 Å². The Hall–Kier alpha value is -1.55. The molecule has 2 heterocycles. The van der Waals surface area contributed by atoms with Crippen LogP contribution in [-0.4, -0.2) is 16.8 Å². The molecule has 0 aliphatic heterocycles. The van der Waals surface area contributed by atoms with Crippen molar-refractivity contribution in [1.29, 1.82) is 0 Å².